The maximum atomic E-state index is 13.1. The molecule has 0 N–H and O–H groups in total. The predicted octanol–water partition coefficient (Wildman–Crippen LogP) is 5.49. The lowest BCUT2D eigenvalue weighted by molar-refractivity contribution is 0.0717. The predicted molar refractivity (Wildman–Crippen MR) is 111 cm³/mol. The van der Waals surface area contributed by atoms with Crippen molar-refractivity contribution in [1.82, 2.24) is 14.5 Å². The molecule has 3 aromatic rings. The molecule has 0 saturated carbocycles. The zero-order chi connectivity index (χ0) is 19.7. The number of aryl methyl sites for hydroxylation is 2. The first-order chi connectivity index (χ1) is 12.8. The van der Waals surface area contributed by atoms with Crippen molar-refractivity contribution in [3.8, 4) is 0 Å². The highest BCUT2D eigenvalue weighted by atomic mass is 35.5. The molecule has 142 valence electrons. The second-order valence-corrected chi connectivity index (χ2v) is 8.11. The summed E-state index contributed by atoms with van der Waals surface area (Å²) in [4.78, 5) is 19.7. The summed E-state index contributed by atoms with van der Waals surface area (Å²) in [7, 11) is 1.95. The van der Waals surface area contributed by atoms with Gasteiger partial charge in [0.05, 0.1) is 17.6 Å². The minimum atomic E-state index is -0.0457. The third kappa shape index (κ3) is 4.28. The third-order valence-corrected chi connectivity index (χ3v) is 5.20. The highest BCUT2D eigenvalue weighted by molar-refractivity contribution is 6.31. The van der Waals surface area contributed by atoms with Crippen molar-refractivity contribution in [1.29, 1.82) is 0 Å². The van der Waals surface area contributed by atoms with Crippen molar-refractivity contribution in [2.45, 2.75) is 27.3 Å². The van der Waals surface area contributed by atoms with E-state index in [4.69, 9.17) is 28.2 Å². The standard InChI is InChI=1S/C21H23Cl2N3O/c1-13(2)11-26(21(27)15-6-5-14(3)17(23)9-15)12-20-24-18-8-7-16(22)10-19(18)25(20)4/h5-10,13H,11-12H2,1-4H3. The van der Waals surface area contributed by atoms with E-state index >= 15 is 0 Å². The lowest BCUT2D eigenvalue weighted by Crippen LogP contribution is -2.34. The number of imidazole rings is 1. The molecule has 27 heavy (non-hydrogen) atoms. The molecule has 0 radical (unpaired) electrons. The molecule has 1 amide bonds. The Labute approximate surface area is 169 Å². The number of carbonyl (C=O) groups is 1. The average Bonchev–Trinajstić information content (AvgIpc) is 2.91. The van der Waals surface area contributed by atoms with Crippen LogP contribution in [0, 0.1) is 12.8 Å². The Bertz CT molecular complexity index is 995. The first-order valence-corrected chi connectivity index (χ1v) is 9.68. The second kappa shape index (κ2) is 7.91. The Morgan fingerprint density at radius 1 is 1.19 bits per heavy atom. The first kappa shape index (κ1) is 19.7. The number of aromatic nitrogens is 2. The largest absolute Gasteiger partial charge is 0.331 e. The zero-order valence-corrected chi connectivity index (χ0v) is 17.5. The van der Waals surface area contributed by atoms with Crippen LogP contribution in [0.2, 0.25) is 10.0 Å². The van der Waals surface area contributed by atoms with Gasteiger partial charge in [-0.25, -0.2) is 4.98 Å². The Morgan fingerprint density at radius 3 is 2.59 bits per heavy atom. The van der Waals surface area contributed by atoms with Gasteiger partial charge in [0.15, 0.2) is 0 Å². The summed E-state index contributed by atoms with van der Waals surface area (Å²) in [6.07, 6.45) is 0. The summed E-state index contributed by atoms with van der Waals surface area (Å²) in [5, 5.41) is 1.27. The highest BCUT2D eigenvalue weighted by Gasteiger charge is 2.20. The summed E-state index contributed by atoms with van der Waals surface area (Å²) in [5.74, 6) is 1.11. The van der Waals surface area contributed by atoms with E-state index in [1.807, 2.05) is 53.8 Å². The molecular weight excluding hydrogens is 381 g/mol. The average molecular weight is 404 g/mol. The summed E-state index contributed by atoms with van der Waals surface area (Å²) < 4.78 is 1.99. The molecule has 4 nitrogen and oxygen atoms in total. The van der Waals surface area contributed by atoms with Gasteiger partial charge in [-0.1, -0.05) is 43.1 Å². The summed E-state index contributed by atoms with van der Waals surface area (Å²) in [6, 6.07) is 11.1. The smallest absolute Gasteiger partial charge is 0.254 e. The maximum absolute atomic E-state index is 13.1. The van der Waals surface area contributed by atoms with Gasteiger partial charge >= 0.3 is 0 Å². The van der Waals surface area contributed by atoms with Crippen LogP contribution >= 0.6 is 23.2 Å². The SMILES string of the molecule is Cc1ccc(C(=O)N(Cc2nc3ccc(Cl)cc3n2C)CC(C)C)cc1Cl. The van der Waals surface area contributed by atoms with E-state index in [-0.39, 0.29) is 5.91 Å². The van der Waals surface area contributed by atoms with Crippen LogP contribution in [0.25, 0.3) is 11.0 Å². The number of amides is 1. The number of fused-ring (bicyclic) bond motifs is 1. The van der Waals surface area contributed by atoms with Crippen molar-refractivity contribution in [2.75, 3.05) is 6.54 Å². The topological polar surface area (TPSA) is 38.1 Å². The third-order valence-electron chi connectivity index (χ3n) is 4.56. The van der Waals surface area contributed by atoms with Crippen LogP contribution in [0.1, 0.15) is 35.6 Å². The molecule has 2 aromatic carbocycles. The van der Waals surface area contributed by atoms with Gasteiger partial charge in [0.1, 0.15) is 5.82 Å². The van der Waals surface area contributed by atoms with E-state index in [1.54, 1.807) is 6.07 Å². The number of hydrogen-bond donors (Lipinski definition) is 0. The quantitative estimate of drug-likeness (QED) is 0.564. The number of carbonyl (C=O) groups excluding carboxylic acids is 1. The molecule has 0 bridgehead atoms. The van der Waals surface area contributed by atoms with Gasteiger partial charge in [0.25, 0.3) is 5.91 Å². The minimum absolute atomic E-state index is 0.0457. The van der Waals surface area contributed by atoms with E-state index in [2.05, 4.69) is 13.8 Å². The molecule has 0 aliphatic heterocycles. The molecular formula is C21H23Cl2N3O. The van der Waals surface area contributed by atoms with Crippen LogP contribution in [0.5, 0.6) is 0 Å². The zero-order valence-electron chi connectivity index (χ0n) is 16.0. The monoisotopic (exact) mass is 403 g/mol. The molecule has 0 aliphatic carbocycles. The van der Waals surface area contributed by atoms with E-state index in [9.17, 15) is 4.79 Å². The minimum Gasteiger partial charge on any atom is -0.331 e. The van der Waals surface area contributed by atoms with Crippen molar-refractivity contribution < 1.29 is 4.79 Å². The lowest BCUT2D eigenvalue weighted by Gasteiger charge is -2.24. The van der Waals surface area contributed by atoms with E-state index in [0.29, 0.717) is 34.6 Å². The van der Waals surface area contributed by atoms with E-state index in [0.717, 1.165) is 22.4 Å². The number of halogens is 2. The number of nitrogens with zero attached hydrogens (tertiary/aromatic N) is 3. The number of hydrogen-bond acceptors (Lipinski definition) is 2. The normalized spacial score (nSPS) is 11.4. The fourth-order valence-electron chi connectivity index (χ4n) is 3.09. The number of benzene rings is 2. The van der Waals surface area contributed by atoms with Gasteiger partial charge < -0.3 is 9.47 Å². The molecule has 0 spiro atoms. The van der Waals surface area contributed by atoms with Crippen molar-refractivity contribution >= 4 is 40.1 Å². The second-order valence-electron chi connectivity index (χ2n) is 7.26. The van der Waals surface area contributed by atoms with Crippen LogP contribution < -0.4 is 0 Å². The Balaban J connectivity index is 1.94. The molecule has 0 aliphatic rings. The Kier molecular flexibility index (Phi) is 5.78. The van der Waals surface area contributed by atoms with E-state index < -0.39 is 0 Å². The number of rotatable bonds is 5. The van der Waals surface area contributed by atoms with Crippen molar-refractivity contribution in [3.63, 3.8) is 0 Å². The molecule has 0 fully saturated rings. The van der Waals surface area contributed by atoms with Gasteiger partial charge in [-0.15, -0.1) is 0 Å². The Hall–Kier alpha value is -2.04. The summed E-state index contributed by atoms with van der Waals surface area (Å²) in [6.45, 7) is 7.17. The van der Waals surface area contributed by atoms with Crippen LogP contribution in [-0.4, -0.2) is 26.9 Å². The van der Waals surface area contributed by atoms with Gasteiger partial charge in [-0.05, 0) is 48.7 Å². The van der Waals surface area contributed by atoms with Gasteiger partial charge in [-0.2, -0.15) is 0 Å². The molecule has 1 heterocycles. The fraction of sp³-hybridized carbons (Fsp3) is 0.333. The first-order valence-electron chi connectivity index (χ1n) is 8.92. The maximum Gasteiger partial charge on any atom is 0.254 e. The van der Waals surface area contributed by atoms with Crippen LogP contribution in [0.15, 0.2) is 36.4 Å². The summed E-state index contributed by atoms with van der Waals surface area (Å²) in [5.41, 5.74) is 3.36. The van der Waals surface area contributed by atoms with Crippen LogP contribution in [0.4, 0.5) is 0 Å². The van der Waals surface area contributed by atoms with Crippen molar-refractivity contribution in [3.05, 3.63) is 63.4 Å². The van der Waals surface area contributed by atoms with Crippen LogP contribution in [0.3, 0.4) is 0 Å². The molecule has 0 saturated heterocycles. The summed E-state index contributed by atoms with van der Waals surface area (Å²) >= 11 is 12.3. The van der Waals surface area contributed by atoms with Gasteiger partial charge in [0, 0.05) is 29.2 Å². The fourth-order valence-corrected chi connectivity index (χ4v) is 3.44. The molecule has 3 rings (SSSR count). The molecule has 1 aromatic heterocycles. The molecule has 6 heteroatoms. The van der Waals surface area contributed by atoms with E-state index in [1.165, 1.54) is 0 Å². The molecule has 0 unspecified atom stereocenters. The Morgan fingerprint density at radius 2 is 1.93 bits per heavy atom. The van der Waals surface area contributed by atoms with Crippen molar-refractivity contribution in [2.24, 2.45) is 13.0 Å². The highest BCUT2D eigenvalue weighted by Crippen LogP contribution is 2.22. The lowest BCUT2D eigenvalue weighted by atomic mass is 10.1. The van der Waals surface area contributed by atoms with Crippen LogP contribution in [-0.2, 0) is 13.6 Å². The molecule has 0 atom stereocenters. The van der Waals surface area contributed by atoms with Gasteiger partial charge in [-0.3, -0.25) is 4.79 Å². The van der Waals surface area contributed by atoms with Gasteiger partial charge in [0.2, 0.25) is 0 Å².